The third kappa shape index (κ3) is 6.70. The summed E-state index contributed by atoms with van der Waals surface area (Å²) < 4.78 is 0. The molecule has 6 nitrogen and oxygen atoms in total. The van der Waals surface area contributed by atoms with Gasteiger partial charge in [-0.15, -0.1) is 0 Å². The van der Waals surface area contributed by atoms with Crippen LogP contribution in [-0.4, -0.2) is 47.5 Å². The zero-order valence-electron chi connectivity index (χ0n) is 16.5. The van der Waals surface area contributed by atoms with Crippen molar-refractivity contribution in [2.75, 3.05) is 13.6 Å². The van der Waals surface area contributed by atoms with Gasteiger partial charge in [-0.3, -0.25) is 9.59 Å². The van der Waals surface area contributed by atoms with Crippen molar-refractivity contribution in [1.29, 1.82) is 0 Å². The molecule has 0 heterocycles. The van der Waals surface area contributed by atoms with Crippen molar-refractivity contribution in [3.8, 4) is 5.75 Å². The first kappa shape index (κ1) is 21.4. The van der Waals surface area contributed by atoms with Gasteiger partial charge >= 0.3 is 0 Å². The van der Waals surface area contributed by atoms with Crippen LogP contribution in [0.2, 0.25) is 0 Å². The van der Waals surface area contributed by atoms with Gasteiger partial charge in [0.15, 0.2) is 0 Å². The summed E-state index contributed by atoms with van der Waals surface area (Å²) in [6.45, 7) is 2.29. The lowest BCUT2D eigenvalue weighted by Crippen LogP contribution is -2.51. The summed E-state index contributed by atoms with van der Waals surface area (Å²) in [4.78, 5) is 26.4. The minimum Gasteiger partial charge on any atom is -0.508 e. The largest absolute Gasteiger partial charge is 0.508 e. The fraction of sp³-hybridized carbons (Fsp3) is 0.364. The summed E-state index contributed by atoms with van der Waals surface area (Å²) in [5, 5.41) is 12.0. The molecule has 0 radical (unpaired) electrons. The van der Waals surface area contributed by atoms with E-state index in [-0.39, 0.29) is 17.6 Å². The Kier molecular flexibility index (Phi) is 8.02. The lowest BCUT2D eigenvalue weighted by Gasteiger charge is -2.23. The van der Waals surface area contributed by atoms with E-state index in [0.717, 1.165) is 18.4 Å². The van der Waals surface area contributed by atoms with Crippen molar-refractivity contribution < 1.29 is 14.7 Å². The van der Waals surface area contributed by atoms with Crippen molar-refractivity contribution in [2.45, 2.75) is 38.3 Å². The SMILES string of the molecule is C[C@@H](NC(=O)[C@@H](N)Cc1ccc(O)cc1)C(=O)N(C)CCCc1ccccc1. The number of phenols is 1. The Balaban J connectivity index is 1.76. The number of carbonyl (C=O) groups excluding carboxylic acids is 2. The van der Waals surface area contributed by atoms with Crippen LogP contribution in [0.15, 0.2) is 54.6 Å². The number of nitrogens with two attached hydrogens (primary N) is 1. The topological polar surface area (TPSA) is 95.7 Å². The fourth-order valence-electron chi connectivity index (χ4n) is 2.97. The maximum Gasteiger partial charge on any atom is 0.244 e. The summed E-state index contributed by atoms with van der Waals surface area (Å²) in [7, 11) is 1.74. The second-order valence-corrected chi connectivity index (χ2v) is 7.06. The van der Waals surface area contributed by atoms with E-state index in [1.165, 1.54) is 5.56 Å². The molecular weight excluding hydrogens is 354 g/mol. The van der Waals surface area contributed by atoms with E-state index in [1.54, 1.807) is 43.1 Å². The predicted molar refractivity (Wildman–Crippen MR) is 110 cm³/mol. The molecule has 0 fully saturated rings. The number of aryl methyl sites for hydroxylation is 1. The molecule has 0 aliphatic rings. The van der Waals surface area contributed by atoms with Crippen LogP contribution in [0.1, 0.15) is 24.5 Å². The van der Waals surface area contributed by atoms with Crippen LogP contribution in [0.25, 0.3) is 0 Å². The van der Waals surface area contributed by atoms with Crippen molar-refractivity contribution in [1.82, 2.24) is 10.2 Å². The van der Waals surface area contributed by atoms with Crippen molar-refractivity contribution in [3.05, 3.63) is 65.7 Å². The van der Waals surface area contributed by atoms with Gasteiger partial charge in [-0.05, 0) is 49.4 Å². The highest BCUT2D eigenvalue weighted by Crippen LogP contribution is 2.11. The van der Waals surface area contributed by atoms with Gasteiger partial charge in [0.1, 0.15) is 11.8 Å². The first-order valence-electron chi connectivity index (χ1n) is 9.49. The molecule has 0 bridgehead atoms. The lowest BCUT2D eigenvalue weighted by atomic mass is 10.1. The van der Waals surface area contributed by atoms with Crippen molar-refractivity contribution in [3.63, 3.8) is 0 Å². The van der Waals surface area contributed by atoms with E-state index in [0.29, 0.717) is 13.0 Å². The summed E-state index contributed by atoms with van der Waals surface area (Å²) >= 11 is 0. The number of rotatable bonds is 9. The summed E-state index contributed by atoms with van der Waals surface area (Å²) in [6, 6.07) is 15.3. The first-order chi connectivity index (χ1) is 13.4. The Morgan fingerprint density at radius 2 is 1.71 bits per heavy atom. The molecule has 0 aliphatic heterocycles. The Labute approximate surface area is 166 Å². The Morgan fingerprint density at radius 1 is 1.07 bits per heavy atom. The molecule has 28 heavy (non-hydrogen) atoms. The molecule has 2 aromatic rings. The molecule has 150 valence electrons. The average Bonchev–Trinajstić information content (AvgIpc) is 2.69. The normalized spacial score (nSPS) is 12.8. The van der Waals surface area contributed by atoms with Gasteiger partial charge in [0.05, 0.1) is 6.04 Å². The number of nitrogens with zero attached hydrogens (tertiary/aromatic N) is 1. The average molecular weight is 383 g/mol. The molecule has 2 aromatic carbocycles. The van der Waals surface area contributed by atoms with Gasteiger partial charge in [-0.25, -0.2) is 0 Å². The second kappa shape index (κ2) is 10.5. The molecule has 0 unspecified atom stereocenters. The van der Waals surface area contributed by atoms with Crippen molar-refractivity contribution >= 4 is 11.8 Å². The lowest BCUT2D eigenvalue weighted by molar-refractivity contribution is -0.135. The highest BCUT2D eigenvalue weighted by atomic mass is 16.3. The Hall–Kier alpha value is -2.86. The van der Waals surface area contributed by atoms with Crippen LogP contribution in [0.4, 0.5) is 0 Å². The third-order valence-electron chi connectivity index (χ3n) is 4.64. The number of aromatic hydroxyl groups is 1. The molecule has 0 aromatic heterocycles. The number of hydrogen-bond acceptors (Lipinski definition) is 4. The summed E-state index contributed by atoms with van der Waals surface area (Å²) in [6.07, 6.45) is 2.09. The molecule has 0 aliphatic carbocycles. The number of benzene rings is 2. The molecule has 0 spiro atoms. The Morgan fingerprint density at radius 3 is 2.36 bits per heavy atom. The van der Waals surface area contributed by atoms with Gasteiger partial charge in [0, 0.05) is 13.6 Å². The zero-order chi connectivity index (χ0) is 20.5. The number of carbonyl (C=O) groups is 2. The second-order valence-electron chi connectivity index (χ2n) is 7.06. The number of phenolic OH excluding ortho intramolecular Hbond substituents is 1. The van der Waals surface area contributed by atoms with Crippen LogP contribution < -0.4 is 11.1 Å². The van der Waals surface area contributed by atoms with Gasteiger partial charge in [-0.1, -0.05) is 42.5 Å². The first-order valence-corrected chi connectivity index (χ1v) is 9.49. The van der Waals surface area contributed by atoms with E-state index < -0.39 is 12.1 Å². The fourth-order valence-corrected chi connectivity index (χ4v) is 2.97. The standard InChI is InChI=1S/C22H29N3O3/c1-16(22(28)25(2)14-6-9-17-7-4-3-5-8-17)24-21(27)20(23)15-18-10-12-19(26)13-11-18/h3-5,7-8,10-13,16,20,26H,6,9,14-15,23H2,1-2H3,(H,24,27)/t16-,20+/m1/s1. The number of hydrogen-bond donors (Lipinski definition) is 3. The monoisotopic (exact) mass is 383 g/mol. The summed E-state index contributed by atoms with van der Waals surface area (Å²) in [5.41, 5.74) is 8.04. The molecule has 2 atom stereocenters. The van der Waals surface area contributed by atoms with Crippen LogP contribution in [-0.2, 0) is 22.4 Å². The maximum absolute atomic E-state index is 12.5. The van der Waals surface area contributed by atoms with Crippen molar-refractivity contribution in [2.24, 2.45) is 5.73 Å². The van der Waals surface area contributed by atoms with E-state index in [2.05, 4.69) is 17.4 Å². The van der Waals surface area contributed by atoms with E-state index in [1.807, 2.05) is 18.2 Å². The zero-order valence-corrected chi connectivity index (χ0v) is 16.5. The van der Waals surface area contributed by atoms with E-state index in [9.17, 15) is 14.7 Å². The molecular formula is C22H29N3O3. The van der Waals surface area contributed by atoms with E-state index >= 15 is 0 Å². The minimum absolute atomic E-state index is 0.141. The van der Waals surface area contributed by atoms with Gasteiger partial charge in [0.2, 0.25) is 11.8 Å². The number of amides is 2. The molecule has 2 rings (SSSR count). The maximum atomic E-state index is 12.5. The molecule has 0 saturated carbocycles. The number of likely N-dealkylation sites (N-methyl/N-ethyl adjacent to an activating group) is 1. The van der Waals surface area contributed by atoms with Gasteiger partial charge < -0.3 is 21.1 Å². The molecule has 4 N–H and O–H groups in total. The van der Waals surface area contributed by atoms with E-state index in [4.69, 9.17) is 5.73 Å². The Bertz CT molecular complexity index is 762. The molecule has 2 amide bonds. The van der Waals surface area contributed by atoms with Gasteiger partial charge in [-0.2, -0.15) is 0 Å². The predicted octanol–water partition coefficient (Wildman–Crippen LogP) is 1.86. The smallest absolute Gasteiger partial charge is 0.244 e. The highest BCUT2D eigenvalue weighted by Gasteiger charge is 2.22. The van der Waals surface area contributed by atoms with Crippen LogP contribution in [0.5, 0.6) is 5.75 Å². The molecule has 0 saturated heterocycles. The molecule has 6 heteroatoms. The van der Waals surface area contributed by atoms with Crippen LogP contribution in [0, 0.1) is 0 Å². The summed E-state index contributed by atoms with van der Waals surface area (Å²) in [5.74, 6) is -0.346. The van der Waals surface area contributed by atoms with Crippen LogP contribution >= 0.6 is 0 Å². The third-order valence-corrected chi connectivity index (χ3v) is 4.64. The highest BCUT2D eigenvalue weighted by molar-refractivity contribution is 5.89. The van der Waals surface area contributed by atoms with Crippen LogP contribution in [0.3, 0.4) is 0 Å². The number of nitrogens with one attached hydrogen (secondary N) is 1. The quantitative estimate of drug-likeness (QED) is 0.616. The van der Waals surface area contributed by atoms with Gasteiger partial charge in [0.25, 0.3) is 0 Å². The minimum atomic E-state index is -0.761.